The molecule has 2 aliphatic rings. The molecule has 0 amide bonds. The molecule has 0 aromatic carbocycles. The molecule has 2 rings (SSSR count). The van der Waals surface area contributed by atoms with Crippen molar-refractivity contribution < 1.29 is 0 Å². The van der Waals surface area contributed by atoms with Crippen molar-refractivity contribution in [2.45, 2.75) is 45.1 Å². The Morgan fingerprint density at radius 3 is 2.07 bits per heavy atom. The number of rotatable bonds is 6. The molecular formula is C12H20N2. The summed E-state index contributed by atoms with van der Waals surface area (Å²) >= 11 is 0. The summed E-state index contributed by atoms with van der Waals surface area (Å²) in [5.74, 6) is 1.91. The third-order valence-corrected chi connectivity index (χ3v) is 3.39. The van der Waals surface area contributed by atoms with E-state index in [4.69, 9.17) is 5.26 Å². The summed E-state index contributed by atoms with van der Waals surface area (Å²) in [6.07, 6.45) is 6.36. The molecule has 0 spiro atoms. The Morgan fingerprint density at radius 1 is 1.21 bits per heavy atom. The summed E-state index contributed by atoms with van der Waals surface area (Å²) < 4.78 is 0. The first-order valence-corrected chi connectivity index (χ1v) is 5.90. The van der Waals surface area contributed by atoms with E-state index in [-0.39, 0.29) is 0 Å². The Bertz CT molecular complexity index is 209. The van der Waals surface area contributed by atoms with Gasteiger partial charge in [0.05, 0.1) is 12.5 Å². The molecule has 0 N–H and O–H groups in total. The highest BCUT2D eigenvalue weighted by Gasteiger charge is 2.30. The van der Waals surface area contributed by atoms with Gasteiger partial charge in [-0.3, -0.25) is 4.90 Å². The Morgan fingerprint density at radius 2 is 1.71 bits per heavy atom. The predicted molar refractivity (Wildman–Crippen MR) is 56.7 cm³/mol. The molecule has 14 heavy (non-hydrogen) atoms. The quantitative estimate of drug-likeness (QED) is 0.646. The van der Waals surface area contributed by atoms with Crippen LogP contribution in [-0.2, 0) is 0 Å². The Balaban J connectivity index is 1.79. The van der Waals surface area contributed by atoms with E-state index >= 15 is 0 Å². The molecule has 2 heteroatoms. The lowest BCUT2D eigenvalue weighted by Gasteiger charge is -2.27. The monoisotopic (exact) mass is 192 g/mol. The smallest absolute Gasteiger partial charge is 0.0638 e. The van der Waals surface area contributed by atoms with Gasteiger partial charge in [-0.05, 0) is 44.4 Å². The number of hydrogen-bond acceptors (Lipinski definition) is 2. The van der Waals surface area contributed by atoms with Crippen LogP contribution < -0.4 is 0 Å². The van der Waals surface area contributed by atoms with Gasteiger partial charge in [-0.15, -0.1) is 0 Å². The molecule has 0 heterocycles. The van der Waals surface area contributed by atoms with Crippen LogP contribution in [0.15, 0.2) is 0 Å². The topological polar surface area (TPSA) is 27.0 Å². The third-order valence-electron chi connectivity index (χ3n) is 3.39. The number of nitriles is 1. The molecule has 0 aliphatic heterocycles. The molecule has 2 nitrogen and oxygen atoms in total. The Labute approximate surface area is 86.9 Å². The van der Waals surface area contributed by atoms with Crippen molar-refractivity contribution in [3.63, 3.8) is 0 Å². The minimum Gasteiger partial charge on any atom is -0.299 e. The Hall–Kier alpha value is -0.550. The van der Waals surface area contributed by atoms with Crippen molar-refractivity contribution >= 4 is 0 Å². The SMILES string of the molecule is CC(CC#N)N(CC1CC1)CC1CC1. The predicted octanol–water partition coefficient (Wildman–Crippen LogP) is 2.41. The van der Waals surface area contributed by atoms with E-state index in [1.807, 2.05) is 0 Å². The van der Waals surface area contributed by atoms with Gasteiger partial charge in [0.15, 0.2) is 0 Å². The normalized spacial score (nSPS) is 23.5. The van der Waals surface area contributed by atoms with Crippen LogP contribution in [0.1, 0.15) is 39.0 Å². The first-order chi connectivity index (χ1) is 6.79. The van der Waals surface area contributed by atoms with Crippen LogP contribution in [0.3, 0.4) is 0 Å². The summed E-state index contributed by atoms with van der Waals surface area (Å²) in [4.78, 5) is 2.55. The van der Waals surface area contributed by atoms with E-state index in [9.17, 15) is 0 Å². The van der Waals surface area contributed by atoms with Gasteiger partial charge in [0.2, 0.25) is 0 Å². The van der Waals surface area contributed by atoms with Crippen LogP contribution in [0.5, 0.6) is 0 Å². The van der Waals surface area contributed by atoms with Crippen LogP contribution in [0, 0.1) is 23.2 Å². The lowest BCUT2D eigenvalue weighted by molar-refractivity contribution is 0.194. The summed E-state index contributed by atoms with van der Waals surface area (Å²) in [6, 6.07) is 2.77. The third kappa shape index (κ3) is 2.99. The van der Waals surface area contributed by atoms with E-state index in [2.05, 4.69) is 17.9 Å². The lowest BCUT2D eigenvalue weighted by Crippen LogP contribution is -2.36. The van der Waals surface area contributed by atoms with Gasteiger partial charge in [0, 0.05) is 19.1 Å². The minimum atomic E-state index is 0.473. The lowest BCUT2D eigenvalue weighted by atomic mass is 10.2. The fourth-order valence-corrected chi connectivity index (χ4v) is 1.96. The van der Waals surface area contributed by atoms with Crippen LogP contribution in [-0.4, -0.2) is 24.0 Å². The number of nitrogens with zero attached hydrogens (tertiary/aromatic N) is 2. The second-order valence-electron chi connectivity index (χ2n) is 5.05. The van der Waals surface area contributed by atoms with Gasteiger partial charge < -0.3 is 0 Å². The maximum atomic E-state index is 8.71. The molecule has 1 atom stereocenters. The number of hydrogen-bond donors (Lipinski definition) is 0. The largest absolute Gasteiger partial charge is 0.299 e. The van der Waals surface area contributed by atoms with Gasteiger partial charge in [0.1, 0.15) is 0 Å². The molecule has 2 aliphatic carbocycles. The van der Waals surface area contributed by atoms with Gasteiger partial charge in [-0.25, -0.2) is 0 Å². The second-order valence-corrected chi connectivity index (χ2v) is 5.05. The fourth-order valence-electron chi connectivity index (χ4n) is 1.96. The molecule has 0 bridgehead atoms. The van der Waals surface area contributed by atoms with Crippen LogP contribution in [0.25, 0.3) is 0 Å². The highest BCUT2D eigenvalue weighted by Crippen LogP contribution is 2.34. The molecule has 0 aromatic heterocycles. The minimum absolute atomic E-state index is 0.473. The summed E-state index contributed by atoms with van der Waals surface area (Å²) in [7, 11) is 0. The average Bonchev–Trinajstić information content (AvgIpc) is 2.97. The van der Waals surface area contributed by atoms with E-state index in [0.717, 1.165) is 11.8 Å². The zero-order valence-electron chi connectivity index (χ0n) is 9.08. The van der Waals surface area contributed by atoms with Gasteiger partial charge in [-0.1, -0.05) is 0 Å². The standard InChI is InChI=1S/C12H20N2/c1-10(6-7-13)14(8-11-2-3-11)9-12-4-5-12/h10-12H,2-6,8-9H2,1H3. The van der Waals surface area contributed by atoms with Crippen molar-refractivity contribution in [2.24, 2.45) is 11.8 Å². The van der Waals surface area contributed by atoms with Gasteiger partial charge >= 0.3 is 0 Å². The summed E-state index contributed by atoms with van der Waals surface area (Å²) in [6.45, 7) is 4.70. The van der Waals surface area contributed by atoms with Crippen molar-refractivity contribution in [3.05, 3.63) is 0 Å². The summed E-state index contributed by atoms with van der Waals surface area (Å²) in [5.41, 5.74) is 0. The summed E-state index contributed by atoms with van der Waals surface area (Å²) in [5, 5.41) is 8.71. The maximum Gasteiger partial charge on any atom is 0.0638 e. The van der Waals surface area contributed by atoms with Crippen LogP contribution in [0.4, 0.5) is 0 Å². The zero-order chi connectivity index (χ0) is 9.97. The van der Waals surface area contributed by atoms with E-state index in [0.29, 0.717) is 12.5 Å². The van der Waals surface area contributed by atoms with Crippen molar-refractivity contribution in [1.82, 2.24) is 4.90 Å². The first kappa shape index (κ1) is 9.98. The molecule has 2 saturated carbocycles. The molecule has 0 radical (unpaired) electrons. The molecule has 78 valence electrons. The molecule has 0 saturated heterocycles. The van der Waals surface area contributed by atoms with E-state index in [1.54, 1.807) is 0 Å². The van der Waals surface area contributed by atoms with E-state index in [1.165, 1.54) is 38.8 Å². The van der Waals surface area contributed by atoms with Crippen LogP contribution in [0.2, 0.25) is 0 Å². The zero-order valence-corrected chi connectivity index (χ0v) is 9.08. The average molecular weight is 192 g/mol. The van der Waals surface area contributed by atoms with Crippen molar-refractivity contribution in [1.29, 1.82) is 5.26 Å². The molecule has 1 unspecified atom stereocenters. The maximum absolute atomic E-state index is 8.71. The first-order valence-electron chi connectivity index (χ1n) is 5.90. The van der Waals surface area contributed by atoms with Gasteiger partial charge in [-0.2, -0.15) is 5.26 Å². The van der Waals surface area contributed by atoms with Crippen LogP contribution >= 0.6 is 0 Å². The van der Waals surface area contributed by atoms with E-state index < -0.39 is 0 Å². The van der Waals surface area contributed by atoms with Crippen molar-refractivity contribution in [3.8, 4) is 6.07 Å². The van der Waals surface area contributed by atoms with Gasteiger partial charge in [0.25, 0.3) is 0 Å². The van der Waals surface area contributed by atoms with Crippen molar-refractivity contribution in [2.75, 3.05) is 13.1 Å². The second kappa shape index (κ2) is 4.31. The molecule has 0 aromatic rings. The molecular weight excluding hydrogens is 172 g/mol. The molecule has 2 fully saturated rings. The Kier molecular flexibility index (Phi) is 3.08. The fraction of sp³-hybridized carbons (Fsp3) is 0.917. The highest BCUT2D eigenvalue weighted by atomic mass is 15.2. The highest BCUT2D eigenvalue weighted by molar-refractivity contribution is 4.87.